The van der Waals surface area contributed by atoms with Crippen LogP contribution in [0.25, 0.3) is 0 Å². The van der Waals surface area contributed by atoms with Crippen LogP contribution in [0, 0.1) is 0 Å². The smallest absolute Gasteiger partial charge is 0.253 e. The van der Waals surface area contributed by atoms with Gasteiger partial charge in [-0.05, 0) is 24.6 Å². The number of hydrogen-bond donors (Lipinski definition) is 3. The zero-order valence-electron chi connectivity index (χ0n) is 10.4. The Balaban J connectivity index is 2.80. The molecule has 0 aliphatic carbocycles. The van der Waals surface area contributed by atoms with Crippen LogP contribution in [-0.4, -0.2) is 23.0 Å². The summed E-state index contributed by atoms with van der Waals surface area (Å²) in [7, 11) is 0. The third-order valence-electron chi connectivity index (χ3n) is 2.59. The van der Waals surface area contributed by atoms with Crippen LogP contribution in [0.4, 0.5) is 0 Å². The Morgan fingerprint density at radius 2 is 2.21 bits per heavy atom. The van der Waals surface area contributed by atoms with Crippen molar-refractivity contribution in [2.24, 2.45) is 10.9 Å². The molecule has 0 spiro atoms. The van der Waals surface area contributed by atoms with E-state index in [0.29, 0.717) is 22.0 Å². The average molecular weight is 304 g/mol. The van der Waals surface area contributed by atoms with Crippen molar-refractivity contribution >= 4 is 34.9 Å². The predicted octanol–water partition coefficient (Wildman–Crippen LogP) is 2.64. The van der Waals surface area contributed by atoms with Gasteiger partial charge in [0.25, 0.3) is 5.91 Å². The van der Waals surface area contributed by atoms with Gasteiger partial charge in [0.1, 0.15) is 5.84 Å². The number of carbonyl (C=O) groups is 1. The minimum absolute atomic E-state index is 0.0596. The molecule has 1 amide bonds. The molecule has 7 heteroatoms. The number of nitrogens with two attached hydrogens (primary N) is 1. The fourth-order valence-corrected chi connectivity index (χ4v) is 1.90. The maximum Gasteiger partial charge on any atom is 0.253 e. The lowest BCUT2D eigenvalue weighted by Gasteiger charge is -2.16. The molecule has 1 aromatic rings. The number of oxime groups is 1. The van der Waals surface area contributed by atoms with E-state index in [1.807, 2.05) is 6.92 Å². The molecule has 0 saturated heterocycles. The highest BCUT2D eigenvalue weighted by atomic mass is 35.5. The third kappa shape index (κ3) is 4.61. The average Bonchev–Trinajstić information content (AvgIpc) is 2.40. The van der Waals surface area contributed by atoms with Gasteiger partial charge in [-0.15, -0.1) is 0 Å². The Hall–Kier alpha value is -1.46. The van der Waals surface area contributed by atoms with Gasteiger partial charge in [0.05, 0.1) is 10.6 Å². The summed E-state index contributed by atoms with van der Waals surface area (Å²) in [5, 5.41) is 14.9. The van der Waals surface area contributed by atoms with E-state index in [-0.39, 0.29) is 24.2 Å². The second kappa shape index (κ2) is 7.21. The summed E-state index contributed by atoms with van der Waals surface area (Å²) in [4.78, 5) is 12.1. The van der Waals surface area contributed by atoms with Crippen LogP contribution in [0.15, 0.2) is 23.4 Å². The van der Waals surface area contributed by atoms with Crippen molar-refractivity contribution in [2.75, 3.05) is 0 Å². The van der Waals surface area contributed by atoms with Crippen LogP contribution in [0.1, 0.15) is 30.1 Å². The van der Waals surface area contributed by atoms with Gasteiger partial charge in [-0.25, -0.2) is 0 Å². The molecule has 19 heavy (non-hydrogen) atoms. The number of amides is 1. The third-order valence-corrected chi connectivity index (χ3v) is 3.15. The summed E-state index contributed by atoms with van der Waals surface area (Å²) in [6, 6.07) is 4.42. The Morgan fingerprint density at radius 3 is 2.79 bits per heavy atom. The van der Waals surface area contributed by atoms with Gasteiger partial charge in [0.2, 0.25) is 0 Å². The minimum Gasteiger partial charge on any atom is -0.409 e. The second-order valence-corrected chi connectivity index (χ2v) is 4.84. The number of hydrogen-bond acceptors (Lipinski definition) is 3. The molecule has 1 atom stereocenters. The molecule has 0 aliphatic heterocycles. The van der Waals surface area contributed by atoms with Crippen LogP contribution < -0.4 is 11.1 Å². The van der Waals surface area contributed by atoms with E-state index >= 15 is 0 Å². The fraction of sp³-hybridized carbons (Fsp3) is 0.333. The molecule has 0 bridgehead atoms. The Labute approximate surface area is 121 Å². The molecular weight excluding hydrogens is 289 g/mol. The van der Waals surface area contributed by atoms with E-state index in [4.69, 9.17) is 34.1 Å². The molecule has 1 aromatic carbocycles. The van der Waals surface area contributed by atoms with E-state index < -0.39 is 0 Å². The maximum absolute atomic E-state index is 12.1. The Morgan fingerprint density at radius 1 is 1.53 bits per heavy atom. The van der Waals surface area contributed by atoms with E-state index in [9.17, 15) is 4.79 Å². The molecule has 0 fully saturated rings. The number of benzene rings is 1. The summed E-state index contributed by atoms with van der Waals surface area (Å²) in [5.41, 5.74) is 5.72. The molecule has 4 N–H and O–H groups in total. The maximum atomic E-state index is 12.1. The summed E-state index contributed by atoms with van der Waals surface area (Å²) in [6.45, 7) is 1.88. The molecule has 0 aromatic heterocycles. The van der Waals surface area contributed by atoms with E-state index in [2.05, 4.69) is 10.5 Å². The van der Waals surface area contributed by atoms with Crippen molar-refractivity contribution in [3.63, 3.8) is 0 Å². The van der Waals surface area contributed by atoms with Crippen LogP contribution in [0.5, 0.6) is 0 Å². The summed E-state index contributed by atoms with van der Waals surface area (Å²) < 4.78 is 0. The minimum atomic E-state index is -0.343. The van der Waals surface area contributed by atoms with Crippen molar-refractivity contribution in [1.29, 1.82) is 0 Å². The largest absolute Gasteiger partial charge is 0.409 e. The first-order chi connectivity index (χ1) is 8.97. The molecule has 0 heterocycles. The van der Waals surface area contributed by atoms with Gasteiger partial charge < -0.3 is 16.3 Å². The predicted molar refractivity (Wildman–Crippen MR) is 76.0 cm³/mol. The molecule has 1 rings (SSSR count). The SMILES string of the molecule is CCC(CC(N)=NO)NC(=O)c1cc(Cl)ccc1Cl. The number of rotatable bonds is 5. The van der Waals surface area contributed by atoms with Crippen molar-refractivity contribution in [1.82, 2.24) is 5.32 Å². The van der Waals surface area contributed by atoms with Gasteiger partial charge in [0.15, 0.2) is 0 Å². The van der Waals surface area contributed by atoms with Gasteiger partial charge in [-0.2, -0.15) is 0 Å². The summed E-state index contributed by atoms with van der Waals surface area (Å²) >= 11 is 11.8. The normalized spacial score (nSPS) is 13.1. The zero-order chi connectivity index (χ0) is 14.4. The molecular formula is C12H15Cl2N3O2. The molecule has 0 radical (unpaired) electrons. The fourth-order valence-electron chi connectivity index (χ4n) is 1.53. The highest BCUT2D eigenvalue weighted by Crippen LogP contribution is 2.20. The summed E-state index contributed by atoms with van der Waals surface area (Å²) in [6.07, 6.45) is 0.900. The van der Waals surface area contributed by atoms with Gasteiger partial charge in [0, 0.05) is 17.5 Å². The van der Waals surface area contributed by atoms with Crippen molar-refractivity contribution in [2.45, 2.75) is 25.8 Å². The quantitative estimate of drug-likeness (QED) is 0.338. The number of carbonyl (C=O) groups excluding carboxylic acids is 1. The number of amidine groups is 1. The van der Waals surface area contributed by atoms with Crippen LogP contribution in [-0.2, 0) is 0 Å². The highest BCUT2D eigenvalue weighted by Gasteiger charge is 2.16. The second-order valence-electron chi connectivity index (χ2n) is 4.00. The molecule has 1 unspecified atom stereocenters. The highest BCUT2D eigenvalue weighted by molar-refractivity contribution is 6.35. The molecule has 104 valence electrons. The Kier molecular flexibility index (Phi) is 5.92. The molecule has 0 saturated carbocycles. The number of halogens is 2. The zero-order valence-corrected chi connectivity index (χ0v) is 11.9. The first-order valence-corrected chi connectivity index (χ1v) is 6.45. The lowest BCUT2D eigenvalue weighted by atomic mass is 10.1. The van der Waals surface area contributed by atoms with Gasteiger partial charge in [-0.1, -0.05) is 35.3 Å². The lowest BCUT2D eigenvalue weighted by molar-refractivity contribution is 0.0937. The first kappa shape index (κ1) is 15.6. The van der Waals surface area contributed by atoms with E-state index in [0.717, 1.165) is 0 Å². The topological polar surface area (TPSA) is 87.7 Å². The van der Waals surface area contributed by atoms with Crippen molar-refractivity contribution < 1.29 is 10.0 Å². The monoisotopic (exact) mass is 303 g/mol. The van der Waals surface area contributed by atoms with Crippen LogP contribution in [0.2, 0.25) is 10.0 Å². The standard InChI is InChI=1S/C12H15Cl2N3O2/c1-2-8(6-11(15)17-19)16-12(18)9-5-7(13)3-4-10(9)14/h3-5,8,19H,2,6H2,1H3,(H2,15,17)(H,16,18). The van der Waals surface area contributed by atoms with Crippen molar-refractivity contribution in [3.05, 3.63) is 33.8 Å². The molecule has 5 nitrogen and oxygen atoms in total. The van der Waals surface area contributed by atoms with Gasteiger partial charge >= 0.3 is 0 Å². The van der Waals surface area contributed by atoms with Gasteiger partial charge in [-0.3, -0.25) is 4.79 Å². The summed E-state index contributed by atoms with van der Waals surface area (Å²) in [5.74, 6) is -0.283. The number of nitrogens with one attached hydrogen (secondary N) is 1. The number of nitrogens with zero attached hydrogens (tertiary/aromatic N) is 1. The van der Waals surface area contributed by atoms with E-state index in [1.165, 1.54) is 6.07 Å². The molecule has 0 aliphatic rings. The van der Waals surface area contributed by atoms with Crippen LogP contribution in [0.3, 0.4) is 0 Å². The van der Waals surface area contributed by atoms with E-state index in [1.54, 1.807) is 12.1 Å². The first-order valence-electron chi connectivity index (χ1n) is 5.70. The van der Waals surface area contributed by atoms with Crippen LogP contribution >= 0.6 is 23.2 Å². The Bertz CT molecular complexity index is 492. The lowest BCUT2D eigenvalue weighted by Crippen LogP contribution is -2.37. The van der Waals surface area contributed by atoms with Crippen molar-refractivity contribution in [3.8, 4) is 0 Å².